The molecule has 1 unspecified atom stereocenters. The number of rotatable bonds is 3. The van der Waals surface area contributed by atoms with Crippen LogP contribution in [0, 0.1) is 0 Å². The van der Waals surface area contributed by atoms with Gasteiger partial charge in [0.1, 0.15) is 12.1 Å². The van der Waals surface area contributed by atoms with Gasteiger partial charge < -0.3 is 20.9 Å². The second-order valence-corrected chi connectivity index (χ2v) is 2.32. The lowest BCUT2D eigenvalue weighted by atomic mass is 10.1. The van der Waals surface area contributed by atoms with E-state index >= 15 is 0 Å². The molecule has 0 spiro atoms. The number of nitrogens with two attached hydrogens (primary N) is 1. The Morgan fingerprint density at radius 1 is 1.75 bits per heavy atom. The Morgan fingerprint density at radius 3 is 2.83 bits per heavy atom. The number of aliphatic hydroxyl groups is 1. The number of imidazole rings is 1. The molecule has 0 aliphatic carbocycles. The minimum atomic E-state index is -1.33. The number of carboxylic acid groups (broad SMARTS) is 1. The second kappa shape index (κ2) is 3.33. The van der Waals surface area contributed by atoms with Crippen molar-refractivity contribution < 1.29 is 15.0 Å². The average molecular weight is 171 g/mol. The van der Waals surface area contributed by atoms with E-state index < -0.39 is 18.1 Å². The van der Waals surface area contributed by atoms with Crippen molar-refractivity contribution in [2.75, 3.05) is 0 Å². The molecule has 6 heteroatoms. The van der Waals surface area contributed by atoms with E-state index in [4.69, 9.17) is 10.8 Å². The van der Waals surface area contributed by atoms with Gasteiger partial charge >= 0.3 is 5.97 Å². The van der Waals surface area contributed by atoms with E-state index in [-0.39, 0.29) is 0 Å². The summed E-state index contributed by atoms with van der Waals surface area (Å²) in [7, 11) is 0. The summed E-state index contributed by atoms with van der Waals surface area (Å²) in [5.41, 5.74) is 5.45. The van der Waals surface area contributed by atoms with E-state index in [9.17, 15) is 9.90 Å². The highest BCUT2D eigenvalue weighted by Crippen LogP contribution is 2.11. The summed E-state index contributed by atoms with van der Waals surface area (Å²) in [6, 6.07) is -1.33. The molecule has 6 nitrogen and oxygen atoms in total. The van der Waals surface area contributed by atoms with Gasteiger partial charge in [-0.25, -0.2) is 4.98 Å². The topological polar surface area (TPSA) is 112 Å². The molecule has 0 aliphatic heterocycles. The van der Waals surface area contributed by atoms with Crippen LogP contribution in [-0.2, 0) is 4.79 Å². The Bertz CT molecular complexity index is 259. The fourth-order valence-corrected chi connectivity index (χ4v) is 0.757. The average Bonchev–Trinajstić information content (AvgIpc) is 2.53. The zero-order valence-electron chi connectivity index (χ0n) is 6.14. The van der Waals surface area contributed by atoms with Crippen LogP contribution in [0.4, 0.5) is 0 Å². The van der Waals surface area contributed by atoms with Gasteiger partial charge in [0.2, 0.25) is 0 Å². The van der Waals surface area contributed by atoms with Gasteiger partial charge in [-0.3, -0.25) is 4.79 Å². The number of hydrogen-bond acceptors (Lipinski definition) is 4. The molecule has 12 heavy (non-hydrogen) atoms. The van der Waals surface area contributed by atoms with Gasteiger partial charge in [-0.2, -0.15) is 0 Å². The summed E-state index contributed by atoms with van der Waals surface area (Å²) in [6.45, 7) is 0. The van der Waals surface area contributed by atoms with E-state index in [0.29, 0.717) is 5.69 Å². The van der Waals surface area contributed by atoms with Crippen molar-refractivity contribution in [3.05, 3.63) is 18.2 Å². The Balaban J connectivity index is 2.71. The van der Waals surface area contributed by atoms with Crippen molar-refractivity contribution in [2.45, 2.75) is 12.1 Å². The Hall–Kier alpha value is -1.40. The van der Waals surface area contributed by atoms with Crippen LogP contribution in [0.15, 0.2) is 12.5 Å². The predicted molar refractivity (Wildman–Crippen MR) is 39.2 cm³/mol. The van der Waals surface area contributed by atoms with Crippen LogP contribution < -0.4 is 5.73 Å². The van der Waals surface area contributed by atoms with Crippen molar-refractivity contribution in [1.29, 1.82) is 0 Å². The number of carboxylic acids is 1. The quantitative estimate of drug-likeness (QED) is 0.459. The van der Waals surface area contributed by atoms with Crippen LogP contribution in [0.3, 0.4) is 0 Å². The molecule has 1 aromatic rings. The van der Waals surface area contributed by atoms with Gasteiger partial charge in [0, 0.05) is 0 Å². The molecular formula is C6H9N3O3. The van der Waals surface area contributed by atoms with Crippen molar-refractivity contribution in [3.63, 3.8) is 0 Å². The number of aromatic nitrogens is 2. The molecule has 0 radical (unpaired) electrons. The Labute approximate surface area is 68.0 Å². The highest BCUT2D eigenvalue weighted by atomic mass is 16.4. The normalized spacial score (nSPS) is 15.5. The number of nitrogens with zero attached hydrogens (tertiary/aromatic N) is 1. The lowest BCUT2D eigenvalue weighted by Crippen LogP contribution is -2.36. The maximum atomic E-state index is 10.3. The van der Waals surface area contributed by atoms with Crippen molar-refractivity contribution in [2.24, 2.45) is 5.73 Å². The second-order valence-electron chi connectivity index (χ2n) is 2.32. The molecule has 1 heterocycles. The molecule has 0 bridgehead atoms. The number of hydrogen-bond donors (Lipinski definition) is 4. The van der Waals surface area contributed by atoms with Gasteiger partial charge in [0.25, 0.3) is 0 Å². The number of aliphatic hydroxyl groups excluding tert-OH is 1. The highest BCUT2D eigenvalue weighted by molar-refractivity contribution is 5.74. The van der Waals surface area contributed by atoms with Crippen molar-refractivity contribution in [1.82, 2.24) is 9.97 Å². The molecule has 0 fully saturated rings. The molecule has 2 atom stereocenters. The van der Waals surface area contributed by atoms with Crippen LogP contribution in [0.1, 0.15) is 11.8 Å². The molecule has 1 aromatic heterocycles. The summed E-state index contributed by atoms with van der Waals surface area (Å²) in [4.78, 5) is 16.5. The van der Waals surface area contributed by atoms with E-state index in [1.165, 1.54) is 12.5 Å². The molecule has 0 aliphatic rings. The van der Waals surface area contributed by atoms with Gasteiger partial charge in [0.15, 0.2) is 0 Å². The maximum absolute atomic E-state index is 10.3. The first-order valence-electron chi connectivity index (χ1n) is 3.27. The highest BCUT2D eigenvalue weighted by Gasteiger charge is 2.24. The van der Waals surface area contributed by atoms with Gasteiger partial charge in [0.05, 0.1) is 18.2 Å². The smallest absolute Gasteiger partial charge is 0.323 e. The van der Waals surface area contributed by atoms with Crippen molar-refractivity contribution >= 4 is 5.97 Å². The largest absolute Gasteiger partial charge is 0.480 e. The first-order valence-corrected chi connectivity index (χ1v) is 3.27. The van der Waals surface area contributed by atoms with Crippen LogP contribution in [0.5, 0.6) is 0 Å². The molecule has 0 aromatic carbocycles. The standard InChI is InChI=1S/C6H9N3O3/c7-4(6(11)12)5(10)3-1-8-2-9-3/h1-2,4-5,10H,7H2,(H,8,9)(H,11,12)/t4-,5?/m0/s1. The third kappa shape index (κ3) is 1.60. The summed E-state index contributed by atoms with van der Waals surface area (Å²) in [5, 5.41) is 17.7. The van der Waals surface area contributed by atoms with Crippen LogP contribution in [0.2, 0.25) is 0 Å². The third-order valence-electron chi connectivity index (χ3n) is 1.46. The minimum Gasteiger partial charge on any atom is -0.480 e. The lowest BCUT2D eigenvalue weighted by molar-refractivity contribution is -0.141. The fraction of sp³-hybridized carbons (Fsp3) is 0.333. The van der Waals surface area contributed by atoms with Gasteiger partial charge in [-0.05, 0) is 0 Å². The predicted octanol–water partition coefficient (Wildman–Crippen LogP) is -1.15. The lowest BCUT2D eigenvalue weighted by Gasteiger charge is -2.12. The third-order valence-corrected chi connectivity index (χ3v) is 1.46. The SMILES string of the molecule is N[C@H](C(=O)O)C(O)c1cnc[nH]1. The van der Waals surface area contributed by atoms with Crippen LogP contribution >= 0.6 is 0 Å². The van der Waals surface area contributed by atoms with E-state index in [2.05, 4.69) is 9.97 Å². The fourth-order valence-electron chi connectivity index (χ4n) is 0.757. The summed E-state index contributed by atoms with van der Waals surface area (Å²) in [6.07, 6.45) is 1.42. The number of nitrogens with one attached hydrogen (secondary N) is 1. The molecule has 5 N–H and O–H groups in total. The van der Waals surface area contributed by atoms with Gasteiger partial charge in [-0.1, -0.05) is 0 Å². The summed E-state index contributed by atoms with van der Waals surface area (Å²) < 4.78 is 0. The first kappa shape index (κ1) is 8.69. The van der Waals surface area contributed by atoms with Crippen LogP contribution in [0.25, 0.3) is 0 Å². The first-order chi connectivity index (χ1) is 5.63. The number of aromatic amines is 1. The minimum absolute atomic E-state index is 0.296. The Kier molecular flexibility index (Phi) is 2.41. The van der Waals surface area contributed by atoms with E-state index in [0.717, 1.165) is 0 Å². The maximum Gasteiger partial charge on any atom is 0.323 e. The number of carbonyl (C=O) groups is 1. The monoisotopic (exact) mass is 171 g/mol. The van der Waals surface area contributed by atoms with Crippen molar-refractivity contribution in [3.8, 4) is 0 Å². The summed E-state index contributed by atoms with van der Waals surface area (Å²) in [5.74, 6) is -1.25. The Morgan fingerprint density at radius 2 is 2.42 bits per heavy atom. The molecule has 0 saturated carbocycles. The molecule has 1 rings (SSSR count). The van der Waals surface area contributed by atoms with Crippen LogP contribution in [-0.4, -0.2) is 32.2 Å². The van der Waals surface area contributed by atoms with E-state index in [1.807, 2.05) is 0 Å². The number of H-pyrrole nitrogens is 1. The molecular weight excluding hydrogens is 162 g/mol. The zero-order valence-corrected chi connectivity index (χ0v) is 6.14. The van der Waals surface area contributed by atoms with E-state index in [1.54, 1.807) is 0 Å². The number of aliphatic carboxylic acids is 1. The summed E-state index contributed by atoms with van der Waals surface area (Å²) >= 11 is 0. The molecule has 66 valence electrons. The molecule has 0 saturated heterocycles. The van der Waals surface area contributed by atoms with Gasteiger partial charge in [-0.15, -0.1) is 0 Å². The zero-order chi connectivity index (χ0) is 9.14. The molecule has 0 amide bonds.